The lowest BCUT2D eigenvalue weighted by molar-refractivity contribution is -0.384. The Balaban J connectivity index is 1.37. The van der Waals surface area contributed by atoms with Gasteiger partial charge in [-0.15, -0.1) is 11.8 Å². The number of carbonyl (C=O) groups excluding carboxylic acids is 2. The second-order valence-electron chi connectivity index (χ2n) is 8.01. The number of amides is 2. The van der Waals surface area contributed by atoms with Crippen molar-refractivity contribution in [3.63, 3.8) is 0 Å². The minimum Gasteiger partial charge on any atom is -0.366 e. The van der Waals surface area contributed by atoms with Crippen molar-refractivity contribution >= 4 is 40.6 Å². The quantitative estimate of drug-likeness (QED) is 0.532. The van der Waals surface area contributed by atoms with Crippen LogP contribution in [0, 0.1) is 27.4 Å². The number of benzene rings is 2. The summed E-state index contributed by atoms with van der Waals surface area (Å²) < 4.78 is 0. The van der Waals surface area contributed by atoms with Crippen LogP contribution in [-0.2, 0) is 9.59 Å². The molecule has 0 aliphatic carbocycles. The largest absolute Gasteiger partial charge is 0.366 e. The minimum atomic E-state index is -0.550. The van der Waals surface area contributed by atoms with Gasteiger partial charge in [0.15, 0.2) is 0 Å². The molecule has 2 heterocycles. The first-order valence-electron chi connectivity index (χ1n) is 10.7. The van der Waals surface area contributed by atoms with E-state index in [0.717, 1.165) is 0 Å². The lowest BCUT2D eigenvalue weighted by Gasteiger charge is -2.35. The zero-order valence-electron chi connectivity index (χ0n) is 17.8. The van der Waals surface area contributed by atoms with Crippen molar-refractivity contribution in [1.82, 2.24) is 4.90 Å². The van der Waals surface area contributed by atoms with E-state index in [0.29, 0.717) is 54.5 Å². The average molecular weight is 466 g/mol. The number of nitro benzene ring substituents is 1. The Hall–Kier alpha value is -3.58. The summed E-state index contributed by atoms with van der Waals surface area (Å²) in [6.45, 7) is 1.09. The molecule has 2 aliphatic heterocycles. The number of piperidine rings is 1. The molecule has 4 rings (SSSR count). The van der Waals surface area contributed by atoms with Gasteiger partial charge < -0.3 is 15.1 Å². The number of nitrogens with zero attached hydrogens (tertiary/aromatic N) is 4. The molecular weight excluding hydrogens is 442 g/mol. The molecule has 0 bridgehead atoms. The molecule has 0 saturated carbocycles. The predicted molar refractivity (Wildman–Crippen MR) is 126 cm³/mol. The highest BCUT2D eigenvalue weighted by Crippen LogP contribution is 2.33. The monoisotopic (exact) mass is 465 g/mol. The van der Waals surface area contributed by atoms with Gasteiger partial charge in [-0.25, -0.2) is 0 Å². The summed E-state index contributed by atoms with van der Waals surface area (Å²) in [7, 11) is 0. The van der Waals surface area contributed by atoms with Gasteiger partial charge in [0.1, 0.15) is 11.7 Å². The Labute approximate surface area is 195 Å². The first-order valence-corrected chi connectivity index (χ1v) is 11.8. The first kappa shape index (κ1) is 22.6. The number of hydrogen-bond acceptors (Lipinski definition) is 7. The number of hydrogen-bond donors (Lipinski definition) is 1. The zero-order chi connectivity index (χ0) is 23.4. The molecular formula is C23H23N5O4S. The highest BCUT2D eigenvalue weighted by atomic mass is 32.2. The van der Waals surface area contributed by atoms with Crippen LogP contribution in [0.4, 0.5) is 17.1 Å². The van der Waals surface area contributed by atoms with Crippen molar-refractivity contribution in [2.45, 2.75) is 18.9 Å². The summed E-state index contributed by atoms with van der Waals surface area (Å²) in [5.41, 5.74) is 1.73. The second kappa shape index (κ2) is 9.92. The standard InChI is InChI=1S/C23H23N5O4S/c24-13-16-5-7-18(8-6-16)25-22(29)21-14-33-15-27(21)23(30)17-9-11-26(12-10-17)19-3-1-2-4-20(19)28(31)32/h1-8,17,21H,9-12,14-15H2,(H,25,29). The molecule has 0 radical (unpaired) electrons. The van der Waals surface area contributed by atoms with Gasteiger partial charge in [-0.2, -0.15) is 5.26 Å². The Bertz CT molecular complexity index is 1090. The fourth-order valence-corrected chi connectivity index (χ4v) is 5.38. The van der Waals surface area contributed by atoms with Crippen LogP contribution in [0.2, 0.25) is 0 Å². The first-order chi connectivity index (χ1) is 16.0. The van der Waals surface area contributed by atoms with Crippen LogP contribution in [0.5, 0.6) is 0 Å². The normalized spacial score (nSPS) is 18.6. The van der Waals surface area contributed by atoms with E-state index in [1.54, 1.807) is 59.1 Å². The van der Waals surface area contributed by atoms with E-state index in [1.807, 2.05) is 11.0 Å². The van der Waals surface area contributed by atoms with Crippen LogP contribution < -0.4 is 10.2 Å². The number of nitro groups is 1. The molecule has 0 aromatic heterocycles. The number of rotatable bonds is 5. The number of para-hydroxylation sites is 2. The molecule has 0 spiro atoms. The molecule has 1 atom stereocenters. The molecule has 33 heavy (non-hydrogen) atoms. The van der Waals surface area contributed by atoms with Crippen LogP contribution in [-0.4, -0.2) is 52.4 Å². The summed E-state index contributed by atoms with van der Waals surface area (Å²) in [6.07, 6.45) is 1.16. The molecule has 1 unspecified atom stereocenters. The Morgan fingerprint density at radius 1 is 1.12 bits per heavy atom. The maximum Gasteiger partial charge on any atom is 0.292 e. The lowest BCUT2D eigenvalue weighted by atomic mass is 9.94. The van der Waals surface area contributed by atoms with Crippen LogP contribution in [0.1, 0.15) is 18.4 Å². The van der Waals surface area contributed by atoms with Crippen molar-refractivity contribution in [2.24, 2.45) is 5.92 Å². The number of nitrogens with one attached hydrogen (secondary N) is 1. The van der Waals surface area contributed by atoms with Gasteiger partial charge in [-0.05, 0) is 43.2 Å². The third-order valence-corrected chi connectivity index (χ3v) is 7.03. The number of anilines is 2. The molecule has 2 amide bonds. The van der Waals surface area contributed by atoms with Crippen molar-refractivity contribution in [3.8, 4) is 6.07 Å². The highest BCUT2D eigenvalue weighted by Gasteiger charge is 2.39. The fraction of sp³-hybridized carbons (Fsp3) is 0.348. The molecule has 2 aliphatic rings. The number of nitriles is 1. The van der Waals surface area contributed by atoms with Gasteiger partial charge in [-0.3, -0.25) is 19.7 Å². The van der Waals surface area contributed by atoms with Crippen LogP contribution >= 0.6 is 11.8 Å². The smallest absolute Gasteiger partial charge is 0.292 e. The van der Waals surface area contributed by atoms with E-state index >= 15 is 0 Å². The molecule has 2 aromatic carbocycles. The van der Waals surface area contributed by atoms with Gasteiger partial charge >= 0.3 is 0 Å². The Morgan fingerprint density at radius 2 is 1.82 bits per heavy atom. The Morgan fingerprint density at radius 3 is 2.48 bits per heavy atom. The molecule has 9 nitrogen and oxygen atoms in total. The van der Waals surface area contributed by atoms with Gasteiger partial charge in [0.05, 0.1) is 22.4 Å². The van der Waals surface area contributed by atoms with Crippen LogP contribution in [0.15, 0.2) is 48.5 Å². The number of carbonyl (C=O) groups is 2. The van der Waals surface area contributed by atoms with Gasteiger partial charge in [0.2, 0.25) is 11.8 Å². The molecule has 1 N–H and O–H groups in total. The summed E-state index contributed by atoms with van der Waals surface area (Å²) in [4.78, 5) is 40.6. The van der Waals surface area contributed by atoms with Gasteiger partial charge in [0, 0.05) is 36.5 Å². The third-order valence-electron chi connectivity index (χ3n) is 6.01. The predicted octanol–water partition coefficient (Wildman–Crippen LogP) is 3.22. The maximum atomic E-state index is 13.2. The molecule has 2 aromatic rings. The SMILES string of the molecule is N#Cc1ccc(NC(=O)C2CSCN2C(=O)C2CCN(c3ccccc3[N+](=O)[O-])CC2)cc1. The second-order valence-corrected chi connectivity index (χ2v) is 9.01. The molecule has 2 fully saturated rings. The minimum absolute atomic E-state index is 0.0396. The number of thioether (sulfide) groups is 1. The van der Waals surface area contributed by atoms with E-state index in [4.69, 9.17) is 5.26 Å². The van der Waals surface area contributed by atoms with Crippen LogP contribution in [0.3, 0.4) is 0 Å². The third kappa shape index (κ3) is 4.93. The summed E-state index contributed by atoms with van der Waals surface area (Å²) >= 11 is 1.55. The van der Waals surface area contributed by atoms with Crippen molar-refractivity contribution < 1.29 is 14.5 Å². The maximum absolute atomic E-state index is 13.2. The van der Waals surface area contributed by atoms with Gasteiger partial charge in [0.25, 0.3) is 5.69 Å². The fourth-order valence-electron chi connectivity index (χ4n) is 4.22. The van der Waals surface area contributed by atoms with E-state index in [2.05, 4.69) is 5.32 Å². The zero-order valence-corrected chi connectivity index (χ0v) is 18.7. The van der Waals surface area contributed by atoms with Crippen molar-refractivity contribution in [1.29, 1.82) is 5.26 Å². The van der Waals surface area contributed by atoms with E-state index < -0.39 is 6.04 Å². The van der Waals surface area contributed by atoms with E-state index in [1.165, 1.54) is 6.07 Å². The average Bonchev–Trinajstić information content (AvgIpc) is 3.34. The van der Waals surface area contributed by atoms with Crippen LogP contribution in [0.25, 0.3) is 0 Å². The summed E-state index contributed by atoms with van der Waals surface area (Å²) in [5.74, 6) is 0.503. The van der Waals surface area contributed by atoms with Crippen molar-refractivity contribution in [2.75, 3.05) is 34.9 Å². The van der Waals surface area contributed by atoms with Crippen molar-refractivity contribution in [3.05, 3.63) is 64.2 Å². The van der Waals surface area contributed by atoms with E-state index in [-0.39, 0.29) is 28.3 Å². The molecule has 170 valence electrons. The summed E-state index contributed by atoms with van der Waals surface area (Å²) in [6, 6.07) is 14.7. The topological polar surface area (TPSA) is 120 Å². The highest BCUT2D eigenvalue weighted by molar-refractivity contribution is 7.99. The van der Waals surface area contributed by atoms with Gasteiger partial charge in [-0.1, -0.05) is 12.1 Å². The Kier molecular flexibility index (Phi) is 6.79. The molecule has 2 saturated heterocycles. The summed E-state index contributed by atoms with van der Waals surface area (Å²) in [5, 5.41) is 23.1. The lowest BCUT2D eigenvalue weighted by Crippen LogP contribution is -2.49. The molecule has 10 heteroatoms. The van der Waals surface area contributed by atoms with E-state index in [9.17, 15) is 19.7 Å².